The van der Waals surface area contributed by atoms with Crippen LogP contribution in [0.3, 0.4) is 0 Å². The third kappa shape index (κ3) is 2.73. The molecule has 2 aromatic rings. The average Bonchev–Trinajstić information content (AvgIpc) is 2.43. The lowest BCUT2D eigenvalue weighted by Gasteiger charge is -2.15. The molecule has 0 aliphatic carbocycles. The number of benzene rings is 2. The second-order valence-corrected chi connectivity index (χ2v) is 4.57. The molecular formula is C14H11ClF3NO. The number of hydrogen-bond acceptors (Lipinski definition) is 2. The van der Waals surface area contributed by atoms with Gasteiger partial charge >= 0.3 is 0 Å². The zero-order valence-corrected chi connectivity index (χ0v) is 11.2. The highest BCUT2D eigenvalue weighted by atomic mass is 35.5. The Labute approximate surface area is 118 Å². The Kier molecular flexibility index (Phi) is 4.20. The molecule has 1 atom stereocenters. The predicted molar refractivity (Wildman–Crippen MR) is 70.4 cm³/mol. The summed E-state index contributed by atoms with van der Waals surface area (Å²) in [4.78, 5) is 0. The minimum absolute atomic E-state index is 0.0912. The molecule has 0 saturated heterocycles. The van der Waals surface area contributed by atoms with E-state index in [4.69, 9.17) is 22.1 Å². The molecule has 106 valence electrons. The quantitative estimate of drug-likeness (QED) is 0.875. The highest BCUT2D eigenvalue weighted by Gasteiger charge is 2.18. The van der Waals surface area contributed by atoms with E-state index >= 15 is 0 Å². The number of ether oxygens (including phenoxy) is 1. The number of methoxy groups -OCH3 is 1. The number of halogens is 4. The van der Waals surface area contributed by atoms with Gasteiger partial charge in [-0.05, 0) is 35.4 Å². The molecule has 2 aromatic carbocycles. The molecule has 20 heavy (non-hydrogen) atoms. The zero-order chi connectivity index (χ0) is 14.9. The Hall–Kier alpha value is -1.72. The minimum Gasteiger partial charge on any atom is -0.497 e. The molecule has 0 fully saturated rings. The summed E-state index contributed by atoms with van der Waals surface area (Å²) in [5.74, 6) is -3.58. The van der Waals surface area contributed by atoms with Gasteiger partial charge in [0.05, 0.1) is 13.2 Å². The molecule has 6 heteroatoms. The van der Waals surface area contributed by atoms with Crippen molar-refractivity contribution in [2.24, 2.45) is 5.73 Å². The molecule has 0 aliphatic rings. The van der Waals surface area contributed by atoms with Crippen molar-refractivity contribution in [3.8, 4) is 5.75 Å². The van der Waals surface area contributed by atoms with Crippen LogP contribution in [0.25, 0.3) is 0 Å². The fraction of sp³-hybridized carbons (Fsp3) is 0.143. The Morgan fingerprint density at radius 1 is 1.10 bits per heavy atom. The summed E-state index contributed by atoms with van der Waals surface area (Å²) in [6.07, 6.45) is 0. The van der Waals surface area contributed by atoms with Crippen molar-refractivity contribution in [2.45, 2.75) is 6.04 Å². The maximum Gasteiger partial charge on any atom is 0.194 e. The summed E-state index contributed by atoms with van der Waals surface area (Å²) < 4.78 is 44.3. The first-order valence-corrected chi connectivity index (χ1v) is 6.05. The van der Waals surface area contributed by atoms with Crippen LogP contribution in [0.2, 0.25) is 5.02 Å². The Bertz CT molecular complexity index is 625. The molecule has 0 aliphatic heterocycles. The lowest BCUT2D eigenvalue weighted by atomic mass is 9.99. The minimum atomic E-state index is -1.53. The van der Waals surface area contributed by atoms with Gasteiger partial charge in [-0.15, -0.1) is 0 Å². The van der Waals surface area contributed by atoms with Gasteiger partial charge in [0.15, 0.2) is 17.5 Å². The fourth-order valence-corrected chi connectivity index (χ4v) is 2.11. The second-order valence-electron chi connectivity index (χ2n) is 4.16. The molecule has 0 bridgehead atoms. The molecule has 1 unspecified atom stereocenters. The topological polar surface area (TPSA) is 35.2 Å². The standard InChI is InChI=1S/C14H11ClF3NO/c1-20-8-2-3-9(10(15)6-8)14(19)7-4-11(16)13(18)12(17)5-7/h2-6,14H,19H2,1H3. The number of rotatable bonds is 3. The van der Waals surface area contributed by atoms with Crippen LogP contribution in [-0.2, 0) is 0 Å². The van der Waals surface area contributed by atoms with Crippen molar-refractivity contribution in [3.05, 3.63) is 63.9 Å². The van der Waals surface area contributed by atoms with Crippen molar-refractivity contribution in [1.29, 1.82) is 0 Å². The third-order valence-electron chi connectivity index (χ3n) is 2.91. The Morgan fingerprint density at radius 2 is 1.70 bits per heavy atom. The summed E-state index contributed by atoms with van der Waals surface area (Å²) in [6.45, 7) is 0. The number of nitrogens with two attached hydrogens (primary N) is 1. The van der Waals surface area contributed by atoms with Gasteiger partial charge in [0.2, 0.25) is 0 Å². The summed E-state index contributed by atoms with van der Waals surface area (Å²) in [5.41, 5.74) is 6.46. The van der Waals surface area contributed by atoms with E-state index in [2.05, 4.69) is 0 Å². The maximum absolute atomic E-state index is 13.2. The molecule has 0 saturated carbocycles. The van der Waals surface area contributed by atoms with Crippen LogP contribution in [-0.4, -0.2) is 7.11 Å². The summed E-state index contributed by atoms with van der Waals surface area (Å²) >= 11 is 6.04. The maximum atomic E-state index is 13.2. The molecule has 0 radical (unpaired) electrons. The monoisotopic (exact) mass is 301 g/mol. The smallest absolute Gasteiger partial charge is 0.194 e. The summed E-state index contributed by atoms with van der Waals surface area (Å²) in [5, 5.41) is 0.294. The van der Waals surface area contributed by atoms with Crippen LogP contribution in [0.5, 0.6) is 5.75 Å². The van der Waals surface area contributed by atoms with Crippen LogP contribution in [0.15, 0.2) is 30.3 Å². The summed E-state index contributed by atoms with van der Waals surface area (Å²) in [6, 6.07) is 5.57. The van der Waals surface area contributed by atoms with Crippen LogP contribution in [0.4, 0.5) is 13.2 Å². The van der Waals surface area contributed by atoms with E-state index in [0.717, 1.165) is 12.1 Å². The van der Waals surface area contributed by atoms with Gasteiger partial charge in [-0.1, -0.05) is 17.7 Å². The van der Waals surface area contributed by atoms with Crippen molar-refractivity contribution in [2.75, 3.05) is 7.11 Å². The highest BCUT2D eigenvalue weighted by molar-refractivity contribution is 6.31. The SMILES string of the molecule is COc1ccc(C(N)c2cc(F)c(F)c(F)c2)c(Cl)c1. The van der Waals surface area contributed by atoms with Gasteiger partial charge < -0.3 is 10.5 Å². The average molecular weight is 302 g/mol. The van der Waals surface area contributed by atoms with Crippen molar-refractivity contribution in [1.82, 2.24) is 0 Å². The van der Waals surface area contributed by atoms with Gasteiger partial charge in [-0.2, -0.15) is 0 Å². The summed E-state index contributed by atoms with van der Waals surface area (Å²) in [7, 11) is 1.48. The first-order valence-electron chi connectivity index (χ1n) is 5.67. The highest BCUT2D eigenvalue weighted by Crippen LogP contribution is 2.30. The fourth-order valence-electron chi connectivity index (χ4n) is 1.82. The molecular weight excluding hydrogens is 291 g/mol. The van der Waals surface area contributed by atoms with Gasteiger partial charge in [-0.25, -0.2) is 13.2 Å². The van der Waals surface area contributed by atoms with Gasteiger partial charge in [0, 0.05) is 5.02 Å². The van der Waals surface area contributed by atoms with Crippen molar-refractivity contribution < 1.29 is 17.9 Å². The lowest BCUT2D eigenvalue weighted by Crippen LogP contribution is -2.13. The predicted octanol–water partition coefficient (Wildman–Crippen LogP) is 3.81. The van der Waals surface area contributed by atoms with Gasteiger partial charge in [0.1, 0.15) is 5.75 Å². The molecule has 0 aromatic heterocycles. The molecule has 2 rings (SSSR count). The van der Waals surface area contributed by atoms with Crippen LogP contribution >= 0.6 is 11.6 Å². The molecule has 2 N–H and O–H groups in total. The Balaban J connectivity index is 2.43. The van der Waals surface area contributed by atoms with Crippen LogP contribution in [0.1, 0.15) is 17.2 Å². The van der Waals surface area contributed by atoms with E-state index in [-0.39, 0.29) is 5.56 Å². The second kappa shape index (κ2) is 5.73. The molecule has 0 amide bonds. The molecule has 0 heterocycles. The van der Waals surface area contributed by atoms with E-state index in [1.54, 1.807) is 12.1 Å². The first kappa shape index (κ1) is 14.7. The Morgan fingerprint density at radius 3 is 2.20 bits per heavy atom. The largest absolute Gasteiger partial charge is 0.497 e. The zero-order valence-electron chi connectivity index (χ0n) is 10.5. The van der Waals surface area contributed by atoms with Gasteiger partial charge in [0.25, 0.3) is 0 Å². The van der Waals surface area contributed by atoms with Crippen molar-refractivity contribution in [3.63, 3.8) is 0 Å². The van der Waals surface area contributed by atoms with E-state index in [1.165, 1.54) is 13.2 Å². The lowest BCUT2D eigenvalue weighted by molar-refractivity contribution is 0.414. The van der Waals surface area contributed by atoms with E-state index in [0.29, 0.717) is 16.3 Å². The third-order valence-corrected chi connectivity index (χ3v) is 3.24. The van der Waals surface area contributed by atoms with Gasteiger partial charge in [-0.3, -0.25) is 0 Å². The van der Waals surface area contributed by atoms with E-state index in [1.807, 2.05) is 0 Å². The van der Waals surface area contributed by atoms with Crippen LogP contribution in [0, 0.1) is 17.5 Å². The first-order chi connectivity index (χ1) is 9.43. The normalized spacial score (nSPS) is 12.3. The van der Waals surface area contributed by atoms with E-state index in [9.17, 15) is 13.2 Å². The molecule has 2 nitrogen and oxygen atoms in total. The number of hydrogen-bond donors (Lipinski definition) is 1. The van der Waals surface area contributed by atoms with Crippen LogP contribution < -0.4 is 10.5 Å². The molecule has 0 spiro atoms. The van der Waals surface area contributed by atoms with Crippen molar-refractivity contribution >= 4 is 11.6 Å². The van der Waals surface area contributed by atoms with E-state index < -0.39 is 23.5 Å².